The first kappa shape index (κ1) is 12.5. The Morgan fingerprint density at radius 3 is 2.72 bits per heavy atom. The molecule has 0 fully saturated rings. The maximum Gasteiger partial charge on any atom is 0.251 e. The van der Waals surface area contributed by atoms with Gasteiger partial charge in [0.1, 0.15) is 10.8 Å². The largest absolute Gasteiger partial charge is 0.384 e. The molecule has 2 rings (SSSR count). The van der Waals surface area contributed by atoms with Crippen LogP contribution in [0.5, 0.6) is 0 Å². The molecule has 6 heteroatoms. The van der Waals surface area contributed by atoms with Crippen LogP contribution >= 0.6 is 11.3 Å². The van der Waals surface area contributed by atoms with E-state index in [1.807, 2.05) is 12.3 Å². The van der Waals surface area contributed by atoms with E-state index in [2.05, 4.69) is 15.3 Å². The third-order valence-electron chi connectivity index (χ3n) is 2.30. The van der Waals surface area contributed by atoms with Gasteiger partial charge in [0.15, 0.2) is 0 Å². The number of nitrogens with one attached hydrogen (secondary N) is 1. The number of pyridine rings is 1. The number of thiazole rings is 1. The molecule has 2 aromatic heterocycles. The van der Waals surface area contributed by atoms with E-state index >= 15 is 0 Å². The van der Waals surface area contributed by atoms with Crippen LogP contribution in [0.1, 0.15) is 26.8 Å². The fourth-order valence-electron chi connectivity index (χ4n) is 1.57. The van der Waals surface area contributed by atoms with Crippen molar-refractivity contribution in [3.63, 3.8) is 0 Å². The Bertz CT molecular complexity index is 559. The van der Waals surface area contributed by atoms with E-state index in [-0.39, 0.29) is 5.91 Å². The van der Waals surface area contributed by atoms with Gasteiger partial charge in [-0.05, 0) is 26.0 Å². The molecule has 0 saturated carbocycles. The van der Waals surface area contributed by atoms with E-state index in [4.69, 9.17) is 5.73 Å². The summed E-state index contributed by atoms with van der Waals surface area (Å²) < 4.78 is 0. The Morgan fingerprint density at radius 2 is 2.11 bits per heavy atom. The Labute approximate surface area is 109 Å². The topological polar surface area (TPSA) is 80.9 Å². The maximum atomic E-state index is 11.9. The highest BCUT2D eigenvalue weighted by atomic mass is 32.1. The zero-order valence-corrected chi connectivity index (χ0v) is 11.0. The van der Waals surface area contributed by atoms with E-state index < -0.39 is 0 Å². The molecule has 0 atom stereocenters. The molecular formula is C12H14N4OS. The lowest BCUT2D eigenvalue weighted by Crippen LogP contribution is -2.23. The van der Waals surface area contributed by atoms with E-state index in [1.165, 1.54) is 11.3 Å². The third-order valence-corrected chi connectivity index (χ3v) is 3.27. The number of amides is 1. The van der Waals surface area contributed by atoms with Crippen molar-refractivity contribution in [3.05, 3.63) is 39.5 Å². The molecule has 5 nitrogen and oxygen atoms in total. The zero-order valence-electron chi connectivity index (χ0n) is 10.2. The van der Waals surface area contributed by atoms with E-state index in [9.17, 15) is 4.79 Å². The number of carbonyl (C=O) groups is 1. The zero-order chi connectivity index (χ0) is 13.1. The van der Waals surface area contributed by atoms with Crippen molar-refractivity contribution >= 4 is 23.1 Å². The van der Waals surface area contributed by atoms with E-state index in [0.717, 1.165) is 16.4 Å². The van der Waals surface area contributed by atoms with E-state index in [0.29, 0.717) is 17.9 Å². The standard InChI is InChI=1S/C12H14N4OS/c1-7-3-9(4-10(13)15-7)12(17)14-5-11-16-8(2)6-18-11/h3-4,6H,5H2,1-2H3,(H2,13,15)(H,14,17). The number of nitrogen functional groups attached to an aromatic ring is 1. The SMILES string of the molecule is Cc1cc(C(=O)NCc2nc(C)cs2)cc(N)n1. The van der Waals surface area contributed by atoms with Gasteiger partial charge in [0, 0.05) is 22.3 Å². The molecule has 0 aliphatic rings. The number of hydrogen-bond acceptors (Lipinski definition) is 5. The van der Waals surface area contributed by atoms with Crippen LogP contribution in [0.3, 0.4) is 0 Å². The first-order valence-corrected chi connectivity index (χ1v) is 6.36. The van der Waals surface area contributed by atoms with Crippen LogP contribution < -0.4 is 11.1 Å². The summed E-state index contributed by atoms with van der Waals surface area (Å²) in [6.45, 7) is 4.16. The Morgan fingerprint density at radius 1 is 1.33 bits per heavy atom. The number of nitrogens with two attached hydrogens (primary N) is 1. The smallest absolute Gasteiger partial charge is 0.251 e. The lowest BCUT2D eigenvalue weighted by Gasteiger charge is -2.05. The summed E-state index contributed by atoms with van der Waals surface area (Å²) in [7, 11) is 0. The van der Waals surface area contributed by atoms with Crippen molar-refractivity contribution in [3.8, 4) is 0 Å². The highest BCUT2D eigenvalue weighted by Crippen LogP contribution is 2.10. The lowest BCUT2D eigenvalue weighted by atomic mass is 10.2. The van der Waals surface area contributed by atoms with Gasteiger partial charge >= 0.3 is 0 Å². The molecule has 0 saturated heterocycles. The second-order valence-corrected chi connectivity index (χ2v) is 4.93. The van der Waals surface area contributed by atoms with Crippen molar-refractivity contribution in [1.29, 1.82) is 0 Å². The number of anilines is 1. The Kier molecular flexibility index (Phi) is 3.57. The third kappa shape index (κ3) is 3.04. The summed E-state index contributed by atoms with van der Waals surface area (Å²) in [5.41, 5.74) is 7.82. The fourth-order valence-corrected chi connectivity index (χ4v) is 2.28. The molecule has 18 heavy (non-hydrogen) atoms. The van der Waals surface area contributed by atoms with Gasteiger partial charge in [0.05, 0.1) is 6.54 Å². The van der Waals surface area contributed by atoms with Gasteiger partial charge in [0.25, 0.3) is 5.91 Å². The molecule has 1 amide bonds. The molecule has 0 radical (unpaired) electrons. The van der Waals surface area contributed by atoms with Crippen LogP contribution in [0.4, 0.5) is 5.82 Å². The number of nitrogens with zero attached hydrogens (tertiary/aromatic N) is 2. The number of rotatable bonds is 3. The maximum absolute atomic E-state index is 11.9. The van der Waals surface area contributed by atoms with Crippen LogP contribution in [-0.2, 0) is 6.54 Å². The van der Waals surface area contributed by atoms with Gasteiger partial charge in [0.2, 0.25) is 0 Å². The molecule has 0 unspecified atom stereocenters. The van der Waals surface area contributed by atoms with Gasteiger partial charge in [-0.15, -0.1) is 11.3 Å². The second kappa shape index (κ2) is 5.14. The normalized spacial score (nSPS) is 10.3. The summed E-state index contributed by atoms with van der Waals surface area (Å²) in [6.07, 6.45) is 0. The predicted octanol–water partition coefficient (Wildman–Crippen LogP) is 1.67. The molecular weight excluding hydrogens is 248 g/mol. The highest BCUT2D eigenvalue weighted by molar-refractivity contribution is 7.09. The highest BCUT2D eigenvalue weighted by Gasteiger charge is 2.08. The quantitative estimate of drug-likeness (QED) is 0.881. The Hall–Kier alpha value is -1.95. The van der Waals surface area contributed by atoms with Gasteiger partial charge < -0.3 is 11.1 Å². The fraction of sp³-hybridized carbons (Fsp3) is 0.250. The number of carbonyl (C=O) groups excluding carboxylic acids is 1. The number of hydrogen-bond donors (Lipinski definition) is 2. The predicted molar refractivity (Wildman–Crippen MR) is 71.4 cm³/mol. The van der Waals surface area contributed by atoms with E-state index in [1.54, 1.807) is 19.1 Å². The van der Waals surface area contributed by atoms with Gasteiger partial charge in [-0.3, -0.25) is 4.79 Å². The molecule has 2 heterocycles. The average Bonchev–Trinajstić information content (AvgIpc) is 2.70. The molecule has 0 aliphatic carbocycles. The van der Waals surface area contributed by atoms with Crippen molar-refractivity contribution in [2.45, 2.75) is 20.4 Å². The van der Waals surface area contributed by atoms with Gasteiger partial charge in [-0.25, -0.2) is 9.97 Å². The minimum absolute atomic E-state index is 0.167. The molecule has 0 aliphatic heterocycles. The number of aryl methyl sites for hydroxylation is 2. The van der Waals surface area contributed by atoms with Crippen molar-refractivity contribution in [1.82, 2.24) is 15.3 Å². The van der Waals surface area contributed by atoms with Crippen LogP contribution in [0.15, 0.2) is 17.5 Å². The molecule has 2 aromatic rings. The summed E-state index contributed by atoms with van der Waals surface area (Å²) >= 11 is 1.53. The molecule has 94 valence electrons. The molecule has 3 N–H and O–H groups in total. The monoisotopic (exact) mass is 262 g/mol. The van der Waals surface area contributed by atoms with Gasteiger partial charge in [-0.2, -0.15) is 0 Å². The van der Waals surface area contributed by atoms with Crippen LogP contribution in [0.25, 0.3) is 0 Å². The summed E-state index contributed by atoms with van der Waals surface area (Å²) in [4.78, 5) is 20.2. The first-order chi connectivity index (χ1) is 8.54. The Balaban J connectivity index is 2.03. The minimum atomic E-state index is -0.167. The molecule has 0 bridgehead atoms. The van der Waals surface area contributed by atoms with Gasteiger partial charge in [-0.1, -0.05) is 0 Å². The first-order valence-electron chi connectivity index (χ1n) is 5.48. The van der Waals surface area contributed by atoms with Crippen molar-refractivity contribution in [2.75, 3.05) is 5.73 Å². The van der Waals surface area contributed by atoms with Crippen LogP contribution in [0.2, 0.25) is 0 Å². The van der Waals surface area contributed by atoms with Crippen molar-refractivity contribution < 1.29 is 4.79 Å². The van der Waals surface area contributed by atoms with Crippen LogP contribution in [0, 0.1) is 13.8 Å². The summed E-state index contributed by atoms with van der Waals surface area (Å²) in [6, 6.07) is 3.27. The lowest BCUT2D eigenvalue weighted by molar-refractivity contribution is 0.0950. The number of aromatic nitrogens is 2. The summed E-state index contributed by atoms with van der Waals surface area (Å²) in [5.74, 6) is 0.185. The molecule has 0 spiro atoms. The van der Waals surface area contributed by atoms with Crippen molar-refractivity contribution in [2.24, 2.45) is 0 Å². The average molecular weight is 262 g/mol. The molecule has 0 aromatic carbocycles. The second-order valence-electron chi connectivity index (χ2n) is 3.99. The van der Waals surface area contributed by atoms with Crippen LogP contribution in [-0.4, -0.2) is 15.9 Å². The summed E-state index contributed by atoms with van der Waals surface area (Å²) in [5, 5.41) is 5.65. The minimum Gasteiger partial charge on any atom is -0.384 e.